The Morgan fingerprint density at radius 1 is 1.35 bits per heavy atom. The SMILES string of the molecule is COc1ccc(/C=C/NC(=O)NC2CC2)cc1. The van der Waals surface area contributed by atoms with Crippen LogP contribution in [0.15, 0.2) is 30.5 Å². The van der Waals surface area contributed by atoms with E-state index in [-0.39, 0.29) is 6.03 Å². The van der Waals surface area contributed by atoms with E-state index in [1.54, 1.807) is 13.3 Å². The molecule has 90 valence electrons. The molecule has 0 heterocycles. The quantitative estimate of drug-likeness (QED) is 0.835. The molecule has 0 unspecified atom stereocenters. The molecule has 0 spiro atoms. The molecule has 0 aromatic heterocycles. The van der Waals surface area contributed by atoms with Crippen molar-refractivity contribution in [2.75, 3.05) is 7.11 Å². The Bertz CT molecular complexity index is 408. The fraction of sp³-hybridized carbons (Fsp3) is 0.308. The third kappa shape index (κ3) is 3.83. The van der Waals surface area contributed by atoms with Crippen LogP contribution in [0, 0.1) is 0 Å². The lowest BCUT2D eigenvalue weighted by atomic mass is 10.2. The van der Waals surface area contributed by atoms with Gasteiger partial charge in [0.1, 0.15) is 5.75 Å². The second-order valence-electron chi connectivity index (χ2n) is 4.00. The zero-order chi connectivity index (χ0) is 12.1. The average molecular weight is 232 g/mol. The van der Waals surface area contributed by atoms with Gasteiger partial charge in [0.15, 0.2) is 0 Å². The van der Waals surface area contributed by atoms with Crippen molar-refractivity contribution in [3.05, 3.63) is 36.0 Å². The summed E-state index contributed by atoms with van der Waals surface area (Å²) in [5, 5.41) is 5.51. The number of carbonyl (C=O) groups is 1. The number of benzene rings is 1. The highest BCUT2D eigenvalue weighted by Gasteiger charge is 2.22. The van der Waals surface area contributed by atoms with E-state index in [0.717, 1.165) is 24.2 Å². The molecule has 1 saturated carbocycles. The van der Waals surface area contributed by atoms with Gasteiger partial charge in [-0.05, 0) is 36.6 Å². The largest absolute Gasteiger partial charge is 0.497 e. The number of ether oxygens (including phenoxy) is 1. The maximum Gasteiger partial charge on any atom is 0.318 e. The molecule has 4 nitrogen and oxygen atoms in total. The van der Waals surface area contributed by atoms with E-state index in [9.17, 15) is 4.79 Å². The Kier molecular flexibility index (Phi) is 3.65. The van der Waals surface area contributed by atoms with Gasteiger partial charge in [-0.3, -0.25) is 0 Å². The highest BCUT2D eigenvalue weighted by molar-refractivity contribution is 5.76. The van der Waals surface area contributed by atoms with Crippen molar-refractivity contribution in [2.45, 2.75) is 18.9 Å². The van der Waals surface area contributed by atoms with Crippen LogP contribution in [-0.2, 0) is 0 Å². The maximum absolute atomic E-state index is 11.3. The van der Waals surface area contributed by atoms with Crippen LogP contribution in [0.1, 0.15) is 18.4 Å². The lowest BCUT2D eigenvalue weighted by Gasteiger charge is -2.01. The Labute approximate surface area is 101 Å². The van der Waals surface area contributed by atoms with Crippen molar-refractivity contribution in [1.29, 1.82) is 0 Å². The van der Waals surface area contributed by atoms with Crippen LogP contribution in [0.4, 0.5) is 4.79 Å². The van der Waals surface area contributed by atoms with Crippen LogP contribution >= 0.6 is 0 Å². The lowest BCUT2D eigenvalue weighted by Crippen LogP contribution is -2.33. The zero-order valence-electron chi connectivity index (χ0n) is 9.77. The molecule has 1 aromatic carbocycles. The molecule has 0 atom stereocenters. The number of hydrogen-bond acceptors (Lipinski definition) is 2. The topological polar surface area (TPSA) is 50.4 Å². The molecular formula is C13H16N2O2. The van der Waals surface area contributed by atoms with Crippen molar-refractivity contribution in [1.82, 2.24) is 10.6 Å². The monoisotopic (exact) mass is 232 g/mol. The van der Waals surface area contributed by atoms with Crippen LogP contribution in [0.5, 0.6) is 5.75 Å². The molecule has 0 aliphatic heterocycles. The summed E-state index contributed by atoms with van der Waals surface area (Å²) >= 11 is 0. The number of amides is 2. The van der Waals surface area contributed by atoms with Gasteiger partial charge >= 0.3 is 6.03 Å². The minimum absolute atomic E-state index is 0.141. The van der Waals surface area contributed by atoms with Gasteiger partial charge in [-0.15, -0.1) is 0 Å². The molecule has 0 saturated heterocycles. The molecule has 2 N–H and O–H groups in total. The Hall–Kier alpha value is -1.97. The minimum Gasteiger partial charge on any atom is -0.497 e. The Balaban J connectivity index is 1.79. The second-order valence-corrected chi connectivity index (χ2v) is 4.00. The molecule has 2 rings (SSSR count). The maximum atomic E-state index is 11.3. The second kappa shape index (κ2) is 5.39. The summed E-state index contributed by atoms with van der Waals surface area (Å²) in [6, 6.07) is 7.85. The fourth-order valence-corrected chi connectivity index (χ4v) is 1.38. The van der Waals surface area contributed by atoms with E-state index in [4.69, 9.17) is 4.74 Å². The van der Waals surface area contributed by atoms with Crippen molar-refractivity contribution >= 4 is 12.1 Å². The molecule has 4 heteroatoms. The predicted octanol–water partition coefficient (Wildman–Crippen LogP) is 2.13. The number of hydrogen-bond donors (Lipinski definition) is 2. The van der Waals surface area contributed by atoms with Gasteiger partial charge < -0.3 is 15.4 Å². The number of methoxy groups -OCH3 is 1. The molecule has 1 fully saturated rings. The van der Waals surface area contributed by atoms with Gasteiger partial charge in [0, 0.05) is 12.2 Å². The van der Waals surface area contributed by atoms with Crippen LogP contribution in [0.25, 0.3) is 6.08 Å². The molecule has 1 aromatic rings. The van der Waals surface area contributed by atoms with Gasteiger partial charge in [-0.1, -0.05) is 12.1 Å². The van der Waals surface area contributed by atoms with E-state index < -0.39 is 0 Å². The molecule has 1 aliphatic rings. The summed E-state index contributed by atoms with van der Waals surface area (Å²) in [6.07, 6.45) is 5.66. The molecule has 2 amide bonds. The van der Waals surface area contributed by atoms with E-state index in [1.165, 1.54) is 0 Å². The van der Waals surface area contributed by atoms with E-state index in [1.807, 2.05) is 30.3 Å². The van der Waals surface area contributed by atoms with Gasteiger partial charge in [0.25, 0.3) is 0 Å². The fourth-order valence-electron chi connectivity index (χ4n) is 1.38. The van der Waals surface area contributed by atoms with E-state index >= 15 is 0 Å². The number of rotatable bonds is 4. The van der Waals surface area contributed by atoms with Crippen LogP contribution in [0.2, 0.25) is 0 Å². The Morgan fingerprint density at radius 2 is 2.06 bits per heavy atom. The highest BCUT2D eigenvalue weighted by atomic mass is 16.5. The van der Waals surface area contributed by atoms with Crippen LogP contribution < -0.4 is 15.4 Å². The average Bonchev–Trinajstić information content (AvgIpc) is 3.14. The summed E-state index contributed by atoms with van der Waals surface area (Å²) < 4.78 is 5.06. The van der Waals surface area contributed by atoms with Gasteiger partial charge in [-0.2, -0.15) is 0 Å². The molecule has 17 heavy (non-hydrogen) atoms. The third-order valence-corrected chi connectivity index (χ3v) is 2.52. The smallest absolute Gasteiger partial charge is 0.318 e. The molecule has 0 bridgehead atoms. The van der Waals surface area contributed by atoms with Crippen molar-refractivity contribution in [3.63, 3.8) is 0 Å². The summed E-state index contributed by atoms with van der Waals surface area (Å²) in [4.78, 5) is 11.3. The van der Waals surface area contributed by atoms with Gasteiger partial charge in [0.2, 0.25) is 0 Å². The number of carbonyl (C=O) groups excluding carboxylic acids is 1. The van der Waals surface area contributed by atoms with E-state index in [0.29, 0.717) is 6.04 Å². The predicted molar refractivity (Wildman–Crippen MR) is 66.7 cm³/mol. The Morgan fingerprint density at radius 3 is 2.65 bits per heavy atom. The molecular weight excluding hydrogens is 216 g/mol. The standard InChI is InChI=1S/C13H16N2O2/c1-17-12-6-2-10(3-7-12)8-9-14-13(16)15-11-4-5-11/h2-3,6-9,11H,4-5H2,1H3,(H2,14,15,16)/b9-8+. The van der Waals surface area contributed by atoms with Crippen molar-refractivity contribution in [3.8, 4) is 5.75 Å². The number of nitrogens with one attached hydrogen (secondary N) is 2. The minimum atomic E-state index is -0.141. The summed E-state index contributed by atoms with van der Waals surface area (Å²) in [5.74, 6) is 0.821. The lowest BCUT2D eigenvalue weighted by molar-refractivity contribution is 0.244. The van der Waals surface area contributed by atoms with Crippen molar-refractivity contribution < 1.29 is 9.53 Å². The third-order valence-electron chi connectivity index (χ3n) is 2.52. The number of urea groups is 1. The van der Waals surface area contributed by atoms with E-state index in [2.05, 4.69) is 10.6 Å². The van der Waals surface area contributed by atoms with Crippen LogP contribution in [0.3, 0.4) is 0 Å². The zero-order valence-corrected chi connectivity index (χ0v) is 9.77. The van der Waals surface area contributed by atoms with Crippen LogP contribution in [-0.4, -0.2) is 19.2 Å². The van der Waals surface area contributed by atoms with Gasteiger partial charge in [0.05, 0.1) is 7.11 Å². The summed E-state index contributed by atoms with van der Waals surface area (Å²) in [7, 11) is 1.63. The van der Waals surface area contributed by atoms with Crippen molar-refractivity contribution in [2.24, 2.45) is 0 Å². The first-order chi connectivity index (χ1) is 8.28. The highest BCUT2D eigenvalue weighted by Crippen LogP contribution is 2.18. The summed E-state index contributed by atoms with van der Waals surface area (Å²) in [6.45, 7) is 0. The summed E-state index contributed by atoms with van der Waals surface area (Å²) in [5.41, 5.74) is 1.01. The molecule has 1 aliphatic carbocycles. The first kappa shape index (κ1) is 11.5. The first-order valence-electron chi connectivity index (χ1n) is 5.65. The van der Waals surface area contributed by atoms with Gasteiger partial charge in [-0.25, -0.2) is 4.79 Å². The first-order valence-corrected chi connectivity index (χ1v) is 5.65. The normalized spacial score (nSPS) is 14.6. The molecule has 0 radical (unpaired) electrons.